The molecule has 0 aliphatic carbocycles. The summed E-state index contributed by atoms with van der Waals surface area (Å²) >= 11 is 0. The van der Waals surface area contributed by atoms with Gasteiger partial charge in [0.15, 0.2) is 0 Å². The lowest BCUT2D eigenvalue weighted by atomic mass is 10.2. The smallest absolute Gasteiger partial charge is 0.308 e. The summed E-state index contributed by atoms with van der Waals surface area (Å²) in [5.41, 5.74) is 1.12. The van der Waals surface area contributed by atoms with Crippen LogP contribution in [-0.4, -0.2) is 113 Å². The van der Waals surface area contributed by atoms with E-state index in [1.54, 1.807) is 36.4 Å². The number of carbonyl (C=O) groups is 2. The van der Waals surface area contributed by atoms with Crippen LogP contribution in [0.2, 0.25) is 0 Å². The molecule has 2 saturated heterocycles. The van der Waals surface area contributed by atoms with Gasteiger partial charge in [-0.05, 0) is 63.0 Å². The van der Waals surface area contributed by atoms with Gasteiger partial charge in [0.25, 0.3) is 0 Å². The fraction of sp³-hybridized carbons (Fsp3) is 0.529. The number of morpholine rings is 2. The summed E-state index contributed by atoms with van der Waals surface area (Å²) in [5.74, 6) is 0.952. The van der Waals surface area contributed by atoms with Crippen molar-refractivity contribution >= 4 is 24.4 Å². The maximum atomic E-state index is 11.7. The van der Waals surface area contributed by atoms with Crippen molar-refractivity contribution in [1.29, 1.82) is 0 Å². The fourth-order valence-corrected chi connectivity index (χ4v) is 5.00. The molecule has 2 aromatic carbocycles. The molecule has 46 heavy (non-hydrogen) atoms. The van der Waals surface area contributed by atoms with Crippen LogP contribution < -0.4 is 18.9 Å². The first kappa shape index (κ1) is 35.0. The molecule has 250 valence electrons. The van der Waals surface area contributed by atoms with E-state index >= 15 is 0 Å². The lowest BCUT2D eigenvalue weighted by Gasteiger charge is -2.26. The minimum absolute atomic E-state index is 0.323. The van der Waals surface area contributed by atoms with Gasteiger partial charge in [-0.15, -0.1) is 0 Å². The standard InChI is InChI=1S/C34H46N4O8/c1-27(39)45-33-23-31(43-17-5-3-11-37-13-19-41-20-14-37)9-7-29(33)25-35-36-26-30-8-10-32(24-34(30)46-28(2)40)44-18-6-4-12-38-15-21-42-22-16-38/h7-10,23-26H,3-6,11-22H2,1-2H3/b35-25+,36-26+. The summed E-state index contributed by atoms with van der Waals surface area (Å²) in [7, 11) is 0. The van der Waals surface area contributed by atoms with Crippen molar-refractivity contribution in [1.82, 2.24) is 9.80 Å². The molecule has 0 aromatic heterocycles. The second kappa shape index (κ2) is 19.6. The normalized spacial score (nSPS) is 16.1. The Kier molecular flexibility index (Phi) is 14.9. The topological polar surface area (TPSA) is 121 Å². The highest BCUT2D eigenvalue weighted by Crippen LogP contribution is 2.26. The largest absolute Gasteiger partial charge is 0.493 e. The zero-order valence-corrected chi connectivity index (χ0v) is 27.0. The Bertz CT molecular complexity index is 1210. The van der Waals surface area contributed by atoms with Gasteiger partial charge in [0.1, 0.15) is 23.0 Å². The van der Waals surface area contributed by atoms with Gasteiger partial charge in [0.05, 0.1) is 52.1 Å². The lowest BCUT2D eigenvalue weighted by molar-refractivity contribution is -0.132. The fourth-order valence-electron chi connectivity index (χ4n) is 5.00. The van der Waals surface area contributed by atoms with Crippen LogP contribution in [0.1, 0.15) is 50.7 Å². The molecule has 12 nitrogen and oxygen atoms in total. The highest BCUT2D eigenvalue weighted by atomic mass is 16.5. The average molecular weight is 639 g/mol. The molecule has 0 amide bonds. The van der Waals surface area contributed by atoms with E-state index in [-0.39, 0.29) is 0 Å². The maximum Gasteiger partial charge on any atom is 0.308 e. The molecule has 2 aromatic rings. The Morgan fingerprint density at radius 1 is 0.674 bits per heavy atom. The van der Waals surface area contributed by atoms with Gasteiger partial charge in [-0.3, -0.25) is 19.4 Å². The first-order chi connectivity index (χ1) is 22.5. The van der Waals surface area contributed by atoms with Crippen molar-refractivity contribution in [2.45, 2.75) is 39.5 Å². The Morgan fingerprint density at radius 3 is 1.48 bits per heavy atom. The van der Waals surface area contributed by atoms with E-state index in [1.807, 2.05) is 0 Å². The molecular weight excluding hydrogens is 592 g/mol. The lowest BCUT2D eigenvalue weighted by Crippen LogP contribution is -2.36. The number of rotatable bonds is 17. The highest BCUT2D eigenvalue weighted by Gasteiger charge is 2.12. The van der Waals surface area contributed by atoms with Crippen molar-refractivity contribution in [3.05, 3.63) is 47.5 Å². The minimum Gasteiger partial charge on any atom is -0.493 e. The second-order valence-electron chi connectivity index (χ2n) is 11.1. The number of hydrogen-bond donors (Lipinski definition) is 0. The number of unbranched alkanes of at least 4 members (excludes halogenated alkanes) is 2. The van der Waals surface area contributed by atoms with Crippen LogP contribution in [0.15, 0.2) is 46.6 Å². The van der Waals surface area contributed by atoms with Gasteiger partial charge in [0, 0.05) is 63.3 Å². The van der Waals surface area contributed by atoms with E-state index in [9.17, 15) is 9.59 Å². The molecule has 2 aliphatic heterocycles. The Hall–Kier alpha value is -3.84. The Balaban J connectivity index is 1.28. The zero-order valence-electron chi connectivity index (χ0n) is 27.0. The number of carbonyl (C=O) groups excluding carboxylic acids is 2. The number of benzene rings is 2. The molecule has 0 bridgehead atoms. The first-order valence-corrected chi connectivity index (χ1v) is 16.0. The van der Waals surface area contributed by atoms with E-state index in [2.05, 4.69) is 20.0 Å². The third-order valence-electron chi connectivity index (χ3n) is 7.42. The minimum atomic E-state index is -0.453. The van der Waals surface area contributed by atoms with E-state index in [1.165, 1.54) is 26.3 Å². The molecule has 12 heteroatoms. The Labute approximate surface area is 271 Å². The molecule has 0 unspecified atom stereocenters. The van der Waals surface area contributed by atoms with Gasteiger partial charge in [-0.2, -0.15) is 10.2 Å². The van der Waals surface area contributed by atoms with E-state index < -0.39 is 11.9 Å². The van der Waals surface area contributed by atoms with E-state index in [0.717, 1.165) is 91.4 Å². The second-order valence-corrected chi connectivity index (χ2v) is 11.1. The molecule has 2 fully saturated rings. The average Bonchev–Trinajstić information content (AvgIpc) is 3.05. The van der Waals surface area contributed by atoms with Gasteiger partial charge in [-0.1, -0.05) is 0 Å². The van der Waals surface area contributed by atoms with Gasteiger partial charge >= 0.3 is 11.9 Å². The van der Waals surface area contributed by atoms with Crippen molar-refractivity contribution in [2.24, 2.45) is 10.2 Å². The van der Waals surface area contributed by atoms with Crippen molar-refractivity contribution in [2.75, 3.05) is 78.9 Å². The van der Waals surface area contributed by atoms with Gasteiger partial charge < -0.3 is 28.4 Å². The molecule has 2 heterocycles. The molecule has 4 rings (SSSR count). The monoisotopic (exact) mass is 638 g/mol. The molecule has 0 saturated carbocycles. The van der Waals surface area contributed by atoms with Crippen LogP contribution in [0.5, 0.6) is 23.0 Å². The van der Waals surface area contributed by atoms with Crippen LogP contribution in [-0.2, 0) is 19.1 Å². The summed E-state index contributed by atoms with van der Waals surface area (Å²) in [6.07, 6.45) is 6.86. The highest BCUT2D eigenvalue weighted by molar-refractivity contribution is 5.88. The van der Waals surface area contributed by atoms with E-state index in [4.69, 9.17) is 28.4 Å². The van der Waals surface area contributed by atoms with Crippen LogP contribution in [0.3, 0.4) is 0 Å². The summed E-state index contributed by atoms with van der Waals surface area (Å²) < 4.78 is 33.4. The molecule has 0 radical (unpaired) electrons. The molecule has 0 N–H and O–H groups in total. The zero-order chi connectivity index (χ0) is 32.4. The van der Waals surface area contributed by atoms with Crippen LogP contribution in [0, 0.1) is 0 Å². The predicted molar refractivity (Wildman–Crippen MR) is 175 cm³/mol. The van der Waals surface area contributed by atoms with Crippen molar-refractivity contribution in [3.8, 4) is 23.0 Å². The number of nitrogens with zero attached hydrogens (tertiary/aromatic N) is 4. The first-order valence-electron chi connectivity index (χ1n) is 16.0. The van der Waals surface area contributed by atoms with E-state index in [0.29, 0.717) is 47.3 Å². The number of ether oxygens (including phenoxy) is 6. The molecular formula is C34H46N4O8. The van der Waals surface area contributed by atoms with Gasteiger partial charge in [0.2, 0.25) is 0 Å². The maximum absolute atomic E-state index is 11.7. The van der Waals surface area contributed by atoms with Gasteiger partial charge in [-0.25, -0.2) is 0 Å². The Morgan fingerprint density at radius 2 is 1.09 bits per heavy atom. The van der Waals surface area contributed by atoms with Crippen molar-refractivity contribution < 1.29 is 38.0 Å². The molecule has 0 spiro atoms. The third-order valence-corrected chi connectivity index (χ3v) is 7.42. The quantitative estimate of drug-likeness (QED) is 0.0828. The molecule has 0 atom stereocenters. The number of esters is 2. The SMILES string of the molecule is CC(=O)Oc1cc(OCCCCN2CCOCC2)ccc1/C=N/N=C/c1ccc(OCCCCN2CCOCC2)cc1OC(C)=O. The van der Waals surface area contributed by atoms with Crippen LogP contribution >= 0.6 is 0 Å². The number of hydrogen-bond acceptors (Lipinski definition) is 12. The van der Waals surface area contributed by atoms with Crippen molar-refractivity contribution in [3.63, 3.8) is 0 Å². The summed E-state index contributed by atoms with van der Waals surface area (Å²) in [6, 6.07) is 10.5. The van der Waals surface area contributed by atoms with Crippen LogP contribution in [0.4, 0.5) is 0 Å². The predicted octanol–water partition coefficient (Wildman–Crippen LogP) is 3.97. The van der Waals surface area contributed by atoms with Crippen LogP contribution in [0.25, 0.3) is 0 Å². The molecule has 2 aliphatic rings. The summed E-state index contributed by atoms with van der Waals surface area (Å²) in [6.45, 7) is 12.9. The summed E-state index contributed by atoms with van der Waals surface area (Å²) in [4.78, 5) is 28.3. The summed E-state index contributed by atoms with van der Waals surface area (Å²) in [5, 5.41) is 8.26. The third kappa shape index (κ3) is 12.9.